The number of ketones is 2. The number of benzene rings is 2. The Morgan fingerprint density at radius 1 is 0.913 bits per heavy atom. The molecule has 0 amide bonds. The SMILES string of the molecule is O=C1CC(=Nc2cccc(C(F)(F)F)c2)C(=O)c2ccccc21. The predicted octanol–water partition coefficient (Wildman–Crippen LogP) is 4.25. The molecule has 0 unspecified atom stereocenters. The molecule has 0 saturated carbocycles. The molecule has 2 aromatic rings. The van der Waals surface area contributed by atoms with Crippen molar-refractivity contribution in [3.05, 3.63) is 65.2 Å². The molecule has 0 fully saturated rings. The molecule has 3 nitrogen and oxygen atoms in total. The van der Waals surface area contributed by atoms with Gasteiger partial charge in [0, 0.05) is 11.1 Å². The number of rotatable bonds is 1. The van der Waals surface area contributed by atoms with E-state index >= 15 is 0 Å². The van der Waals surface area contributed by atoms with Crippen LogP contribution in [0, 0.1) is 0 Å². The molecule has 0 saturated heterocycles. The Balaban J connectivity index is 2.02. The third kappa shape index (κ3) is 2.92. The number of hydrogen-bond acceptors (Lipinski definition) is 3. The lowest BCUT2D eigenvalue weighted by Crippen LogP contribution is -2.26. The van der Waals surface area contributed by atoms with Crippen LogP contribution in [0.5, 0.6) is 0 Å². The Morgan fingerprint density at radius 3 is 2.30 bits per heavy atom. The molecule has 0 aliphatic heterocycles. The van der Waals surface area contributed by atoms with E-state index in [1.165, 1.54) is 18.2 Å². The summed E-state index contributed by atoms with van der Waals surface area (Å²) in [6.07, 6.45) is -4.71. The maximum absolute atomic E-state index is 12.7. The molecule has 1 aliphatic carbocycles. The minimum Gasteiger partial charge on any atom is -0.294 e. The minimum atomic E-state index is -4.49. The molecule has 0 aromatic heterocycles. The number of Topliss-reactive ketones (excluding diaryl/α,β-unsaturated/α-hetero) is 2. The monoisotopic (exact) mass is 317 g/mol. The Hall–Kier alpha value is -2.76. The summed E-state index contributed by atoms with van der Waals surface area (Å²) in [6.45, 7) is 0. The molecule has 23 heavy (non-hydrogen) atoms. The zero-order valence-electron chi connectivity index (χ0n) is 11.7. The maximum atomic E-state index is 12.7. The number of carbonyl (C=O) groups is 2. The smallest absolute Gasteiger partial charge is 0.294 e. The Morgan fingerprint density at radius 2 is 1.61 bits per heavy atom. The average Bonchev–Trinajstić information content (AvgIpc) is 2.52. The number of alkyl halides is 3. The highest BCUT2D eigenvalue weighted by atomic mass is 19.4. The van der Waals surface area contributed by atoms with Gasteiger partial charge in [0.25, 0.3) is 0 Å². The standard InChI is InChI=1S/C17H10F3NO2/c18-17(19,20)10-4-3-5-11(8-10)21-14-9-15(22)12-6-1-2-7-13(12)16(14)23/h1-8H,9H2. The van der Waals surface area contributed by atoms with Crippen LogP contribution in [0.4, 0.5) is 18.9 Å². The van der Waals surface area contributed by atoms with Crippen molar-refractivity contribution >= 4 is 23.0 Å². The molecule has 0 N–H and O–H groups in total. The quantitative estimate of drug-likeness (QED) is 0.789. The second-order valence-corrected chi connectivity index (χ2v) is 5.08. The first-order valence-electron chi connectivity index (χ1n) is 6.78. The van der Waals surface area contributed by atoms with Gasteiger partial charge in [-0.05, 0) is 18.2 Å². The first-order valence-corrected chi connectivity index (χ1v) is 6.78. The first-order chi connectivity index (χ1) is 10.9. The van der Waals surface area contributed by atoms with Gasteiger partial charge in [-0.2, -0.15) is 13.2 Å². The molecule has 0 radical (unpaired) electrons. The summed E-state index contributed by atoms with van der Waals surface area (Å²) >= 11 is 0. The summed E-state index contributed by atoms with van der Waals surface area (Å²) in [5.41, 5.74) is -0.354. The van der Waals surface area contributed by atoms with Crippen molar-refractivity contribution in [3.63, 3.8) is 0 Å². The molecule has 6 heteroatoms. The van der Waals surface area contributed by atoms with Gasteiger partial charge in [-0.1, -0.05) is 30.3 Å². The van der Waals surface area contributed by atoms with E-state index < -0.39 is 17.5 Å². The normalized spacial score (nSPS) is 16.6. The summed E-state index contributed by atoms with van der Waals surface area (Å²) in [5, 5.41) is 0. The second kappa shape index (κ2) is 5.46. The molecule has 0 bridgehead atoms. The predicted molar refractivity (Wildman–Crippen MR) is 78.3 cm³/mol. The van der Waals surface area contributed by atoms with E-state index in [1.807, 2.05) is 0 Å². The topological polar surface area (TPSA) is 46.5 Å². The van der Waals surface area contributed by atoms with Crippen molar-refractivity contribution < 1.29 is 22.8 Å². The van der Waals surface area contributed by atoms with Gasteiger partial charge in [0.05, 0.1) is 23.4 Å². The van der Waals surface area contributed by atoms with Gasteiger partial charge in [-0.15, -0.1) is 0 Å². The summed E-state index contributed by atoms with van der Waals surface area (Å²) in [5.74, 6) is -0.705. The molecule has 0 atom stereocenters. The van der Waals surface area contributed by atoms with Crippen LogP contribution in [-0.4, -0.2) is 17.3 Å². The summed E-state index contributed by atoms with van der Waals surface area (Å²) < 4.78 is 38.1. The molecular weight excluding hydrogens is 307 g/mol. The molecule has 1 aliphatic rings. The van der Waals surface area contributed by atoms with Crippen molar-refractivity contribution in [3.8, 4) is 0 Å². The van der Waals surface area contributed by atoms with Gasteiger partial charge >= 0.3 is 6.18 Å². The van der Waals surface area contributed by atoms with E-state index in [4.69, 9.17) is 0 Å². The fourth-order valence-electron chi connectivity index (χ4n) is 2.41. The van der Waals surface area contributed by atoms with Crippen LogP contribution in [-0.2, 0) is 6.18 Å². The minimum absolute atomic E-state index is 0.00430. The fourth-order valence-corrected chi connectivity index (χ4v) is 2.41. The van der Waals surface area contributed by atoms with Crippen LogP contribution in [0.2, 0.25) is 0 Å². The zero-order chi connectivity index (χ0) is 16.6. The number of hydrogen-bond donors (Lipinski definition) is 0. The molecular formula is C17H10F3NO2. The third-order valence-corrected chi connectivity index (χ3v) is 3.50. The van der Waals surface area contributed by atoms with Crippen LogP contribution in [0.1, 0.15) is 32.7 Å². The number of halogens is 3. The van der Waals surface area contributed by atoms with Gasteiger partial charge in [0.1, 0.15) is 0 Å². The van der Waals surface area contributed by atoms with Crippen molar-refractivity contribution in [1.82, 2.24) is 0 Å². The molecule has 0 heterocycles. The first kappa shape index (κ1) is 15.1. The van der Waals surface area contributed by atoms with Crippen molar-refractivity contribution in [2.75, 3.05) is 0 Å². The van der Waals surface area contributed by atoms with E-state index in [9.17, 15) is 22.8 Å². The fraction of sp³-hybridized carbons (Fsp3) is 0.118. The maximum Gasteiger partial charge on any atom is 0.416 e. The highest BCUT2D eigenvalue weighted by molar-refractivity contribution is 6.53. The largest absolute Gasteiger partial charge is 0.416 e. The summed E-state index contributed by atoms with van der Waals surface area (Å²) in [4.78, 5) is 28.4. The van der Waals surface area contributed by atoms with Gasteiger partial charge < -0.3 is 0 Å². The van der Waals surface area contributed by atoms with Crippen molar-refractivity contribution in [1.29, 1.82) is 0 Å². The summed E-state index contributed by atoms with van der Waals surface area (Å²) in [7, 11) is 0. The van der Waals surface area contributed by atoms with Crippen LogP contribution in [0.3, 0.4) is 0 Å². The van der Waals surface area contributed by atoms with Gasteiger partial charge in [-0.25, -0.2) is 4.99 Å². The number of carbonyl (C=O) groups excluding carboxylic acids is 2. The Bertz CT molecular complexity index is 838. The average molecular weight is 317 g/mol. The van der Waals surface area contributed by atoms with Crippen molar-refractivity contribution in [2.45, 2.75) is 12.6 Å². The second-order valence-electron chi connectivity index (χ2n) is 5.08. The van der Waals surface area contributed by atoms with E-state index in [1.54, 1.807) is 18.2 Å². The highest BCUT2D eigenvalue weighted by Gasteiger charge is 2.31. The molecule has 116 valence electrons. The number of aliphatic imine (C=N–C) groups is 1. The lowest BCUT2D eigenvalue weighted by molar-refractivity contribution is -0.137. The van der Waals surface area contributed by atoms with Gasteiger partial charge in [0.15, 0.2) is 5.78 Å². The van der Waals surface area contributed by atoms with Crippen LogP contribution >= 0.6 is 0 Å². The van der Waals surface area contributed by atoms with E-state index in [0.29, 0.717) is 5.56 Å². The van der Waals surface area contributed by atoms with E-state index in [0.717, 1.165) is 12.1 Å². The van der Waals surface area contributed by atoms with Crippen LogP contribution in [0.15, 0.2) is 53.5 Å². The van der Waals surface area contributed by atoms with Crippen LogP contribution in [0.25, 0.3) is 0 Å². The lowest BCUT2D eigenvalue weighted by Gasteiger charge is -2.15. The van der Waals surface area contributed by atoms with Crippen molar-refractivity contribution in [2.24, 2.45) is 4.99 Å². The molecule has 2 aromatic carbocycles. The van der Waals surface area contributed by atoms with Gasteiger partial charge in [0.2, 0.25) is 5.78 Å². The summed E-state index contributed by atoms with van der Waals surface area (Å²) in [6, 6.07) is 10.7. The number of fused-ring (bicyclic) bond motifs is 1. The third-order valence-electron chi connectivity index (χ3n) is 3.50. The lowest BCUT2D eigenvalue weighted by atomic mass is 9.88. The Kier molecular flexibility index (Phi) is 3.60. The van der Waals surface area contributed by atoms with Crippen LogP contribution < -0.4 is 0 Å². The number of nitrogens with zero attached hydrogens (tertiary/aromatic N) is 1. The van der Waals surface area contributed by atoms with Gasteiger partial charge in [-0.3, -0.25) is 9.59 Å². The zero-order valence-corrected chi connectivity index (χ0v) is 11.7. The molecule has 3 rings (SSSR count). The van der Waals surface area contributed by atoms with E-state index in [-0.39, 0.29) is 29.2 Å². The van der Waals surface area contributed by atoms with E-state index in [2.05, 4.69) is 4.99 Å². The Labute approximate surface area is 129 Å². The molecule has 0 spiro atoms. The highest BCUT2D eigenvalue weighted by Crippen LogP contribution is 2.32.